The van der Waals surface area contributed by atoms with Crippen molar-refractivity contribution in [3.63, 3.8) is 0 Å². The molecule has 0 bridgehead atoms. The molecule has 3 nitrogen and oxygen atoms in total. The van der Waals surface area contributed by atoms with E-state index in [2.05, 4.69) is 11.3 Å². The summed E-state index contributed by atoms with van der Waals surface area (Å²) >= 11 is 0. The molecule has 0 aliphatic carbocycles. The minimum absolute atomic E-state index is 0.314. The smallest absolute Gasteiger partial charge is 0.338 e. The Bertz CT molecular complexity index is 203. The van der Waals surface area contributed by atoms with E-state index in [4.69, 9.17) is 4.74 Å². The fourth-order valence-corrected chi connectivity index (χ4v) is 0.625. The van der Waals surface area contributed by atoms with E-state index < -0.39 is 5.97 Å². The molecule has 0 aromatic rings. The van der Waals surface area contributed by atoms with E-state index in [0.717, 1.165) is 0 Å². The van der Waals surface area contributed by atoms with Gasteiger partial charge < -0.3 is 9.47 Å². The summed E-state index contributed by atoms with van der Waals surface area (Å²) in [5.41, 5.74) is 0.314. The molecule has 1 aliphatic rings. The van der Waals surface area contributed by atoms with Crippen molar-refractivity contribution in [3.8, 4) is 0 Å². The summed E-state index contributed by atoms with van der Waals surface area (Å²) in [7, 11) is 0. The lowest BCUT2D eigenvalue weighted by atomic mass is 10.2. The maximum atomic E-state index is 10.9. The fourth-order valence-electron chi connectivity index (χ4n) is 0.625. The van der Waals surface area contributed by atoms with E-state index in [1.807, 2.05) is 0 Å². The first-order valence-electron chi connectivity index (χ1n) is 3.30. The number of esters is 1. The van der Waals surface area contributed by atoms with Gasteiger partial charge in [-0.2, -0.15) is 0 Å². The number of rotatable bonds is 2. The van der Waals surface area contributed by atoms with Crippen molar-refractivity contribution in [2.45, 2.75) is 6.92 Å². The van der Waals surface area contributed by atoms with Crippen LogP contribution in [0.3, 0.4) is 0 Å². The Labute approximate surface area is 65.3 Å². The van der Waals surface area contributed by atoms with E-state index in [1.54, 1.807) is 19.1 Å². The zero-order valence-electron chi connectivity index (χ0n) is 6.16. The monoisotopic (exact) mass is 152 g/mol. The first-order valence-corrected chi connectivity index (χ1v) is 3.30. The molecular formula is C8H8O3. The highest BCUT2D eigenvalue weighted by Crippen LogP contribution is 2.08. The van der Waals surface area contributed by atoms with Crippen molar-refractivity contribution >= 4 is 5.97 Å². The lowest BCUT2D eigenvalue weighted by molar-refractivity contribution is -0.138. The molecule has 58 valence electrons. The Hall–Kier alpha value is -1.25. The Morgan fingerprint density at radius 2 is 2.64 bits per heavy atom. The number of carbonyl (C=O) groups is 1. The van der Waals surface area contributed by atoms with Gasteiger partial charge in [0.15, 0.2) is 0 Å². The van der Waals surface area contributed by atoms with Gasteiger partial charge in [-0.1, -0.05) is 0 Å². The number of allylic oxidation sites excluding steroid dienone is 2. The molecule has 1 heterocycles. The van der Waals surface area contributed by atoms with Crippen LogP contribution in [0.1, 0.15) is 6.92 Å². The molecule has 0 aromatic carbocycles. The Kier molecular flexibility index (Phi) is 2.72. The van der Waals surface area contributed by atoms with Gasteiger partial charge in [-0.3, -0.25) is 0 Å². The Morgan fingerprint density at radius 1 is 1.82 bits per heavy atom. The molecule has 0 amide bonds. The highest BCUT2D eigenvalue weighted by molar-refractivity contribution is 5.90. The van der Waals surface area contributed by atoms with Crippen molar-refractivity contribution in [1.82, 2.24) is 0 Å². The van der Waals surface area contributed by atoms with Crippen LogP contribution in [-0.4, -0.2) is 12.6 Å². The SMILES string of the molecule is CCOC(=O)C1=CC=CO[C]1. The summed E-state index contributed by atoms with van der Waals surface area (Å²) in [5.74, 6) is -0.406. The molecule has 0 spiro atoms. The second kappa shape index (κ2) is 3.81. The predicted octanol–water partition coefficient (Wildman–Crippen LogP) is 1.06. The number of hydrogen-bond acceptors (Lipinski definition) is 3. The molecule has 1 aliphatic heterocycles. The lowest BCUT2D eigenvalue weighted by Gasteiger charge is -2.06. The number of carbonyl (C=O) groups excluding carboxylic acids is 1. The maximum absolute atomic E-state index is 10.9. The summed E-state index contributed by atoms with van der Waals surface area (Å²) in [5, 5.41) is 0. The second-order valence-electron chi connectivity index (χ2n) is 1.85. The van der Waals surface area contributed by atoms with Crippen molar-refractivity contribution in [2.24, 2.45) is 0 Å². The summed E-state index contributed by atoms with van der Waals surface area (Å²) in [6.45, 7) is 4.51. The zero-order chi connectivity index (χ0) is 8.10. The molecule has 0 atom stereocenters. The quantitative estimate of drug-likeness (QED) is 0.555. The average molecular weight is 152 g/mol. The van der Waals surface area contributed by atoms with E-state index in [1.165, 1.54) is 6.26 Å². The fraction of sp³-hybridized carbons (Fsp3) is 0.250. The third kappa shape index (κ3) is 2.11. The van der Waals surface area contributed by atoms with Crippen LogP contribution >= 0.6 is 0 Å². The number of ether oxygens (including phenoxy) is 2. The second-order valence-corrected chi connectivity index (χ2v) is 1.85. The minimum atomic E-state index is -0.406. The van der Waals surface area contributed by atoms with Gasteiger partial charge in [-0.05, 0) is 19.1 Å². The van der Waals surface area contributed by atoms with Gasteiger partial charge >= 0.3 is 5.97 Å². The largest absolute Gasteiger partial charge is 0.480 e. The van der Waals surface area contributed by atoms with Crippen LogP contribution in [0.2, 0.25) is 0 Å². The van der Waals surface area contributed by atoms with Crippen molar-refractivity contribution in [3.05, 3.63) is 30.6 Å². The first kappa shape index (κ1) is 7.85. The summed E-state index contributed by atoms with van der Waals surface area (Å²) in [6.07, 6.45) is 4.63. The molecule has 0 saturated carbocycles. The third-order valence-electron chi connectivity index (χ3n) is 1.07. The van der Waals surface area contributed by atoms with Gasteiger partial charge in [-0.15, -0.1) is 0 Å². The van der Waals surface area contributed by atoms with Crippen LogP contribution in [-0.2, 0) is 14.3 Å². The van der Waals surface area contributed by atoms with Crippen LogP contribution in [0.15, 0.2) is 24.0 Å². The molecule has 2 radical (unpaired) electrons. The Morgan fingerprint density at radius 3 is 3.18 bits per heavy atom. The highest BCUT2D eigenvalue weighted by atomic mass is 16.5. The minimum Gasteiger partial charge on any atom is -0.480 e. The van der Waals surface area contributed by atoms with Gasteiger partial charge in [0.1, 0.15) is 0 Å². The van der Waals surface area contributed by atoms with E-state index in [9.17, 15) is 4.79 Å². The van der Waals surface area contributed by atoms with Crippen LogP contribution < -0.4 is 0 Å². The van der Waals surface area contributed by atoms with Gasteiger partial charge in [0.25, 0.3) is 0 Å². The summed E-state index contributed by atoms with van der Waals surface area (Å²) in [4.78, 5) is 10.9. The van der Waals surface area contributed by atoms with Gasteiger partial charge in [0, 0.05) is 0 Å². The molecule has 0 fully saturated rings. The normalized spacial score (nSPS) is 15.2. The molecule has 3 heteroatoms. The van der Waals surface area contributed by atoms with Crippen LogP contribution in [0, 0.1) is 6.61 Å². The van der Waals surface area contributed by atoms with Crippen LogP contribution in [0.4, 0.5) is 0 Å². The molecular weight excluding hydrogens is 144 g/mol. The standard InChI is InChI=1S/C8H8O3/c1-2-11-8(9)7-4-3-5-10-6-7/h3-5H,2H2,1H3. The molecule has 0 saturated heterocycles. The van der Waals surface area contributed by atoms with Crippen molar-refractivity contribution < 1.29 is 14.3 Å². The van der Waals surface area contributed by atoms with Crippen molar-refractivity contribution in [2.75, 3.05) is 6.61 Å². The maximum Gasteiger partial charge on any atom is 0.338 e. The Balaban J connectivity index is 2.52. The highest BCUT2D eigenvalue weighted by Gasteiger charge is 2.13. The summed E-state index contributed by atoms with van der Waals surface area (Å²) < 4.78 is 9.35. The molecule has 0 N–H and O–H groups in total. The van der Waals surface area contributed by atoms with Gasteiger partial charge in [0.2, 0.25) is 6.61 Å². The van der Waals surface area contributed by atoms with Crippen LogP contribution in [0.25, 0.3) is 0 Å². The van der Waals surface area contributed by atoms with Crippen molar-refractivity contribution in [1.29, 1.82) is 0 Å². The van der Waals surface area contributed by atoms with Gasteiger partial charge in [0.05, 0.1) is 18.4 Å². The average Bonchev–Trinajstić information content (AvgIpc) is 2.07. The first-order chi connectivity index (χ1) is 5.34. The summed E-state index contributed by atoms with van der Waals surface area (Å²) in [6, 6.07) is 0. The predicted molar refractivity (Wildman–Crippen MR) is 38.2 cm³/mol. The third-order valence-corrected chi connectivity index (χ3v) is 1.07. The molecule has 0 aromatic heterocycles. The van der Waals surface area contributed by atoms with E-state index >= 15 is 0 Å². The van der Waals surface area contributed by atoms with Crippen LogP contribution in [0.5, 0.6) is 0 Å². The lowest BCUT2D eigenvalue weighted by Crippen LogP contribution is -2.09. The van der Waals surface area contributed by atoms with E-state index in [-0.39, 0.29) is 0 Å². The number of hydrogen-bond donors (Lipinski definition) is 0. The molecule has 11 heavy (non-hydrogen) atoms. The topological polar surface area (TPSA) is 35.5 Å². The molecule has 0 unspecified atom stereocenters. The molecule has 1 rings (SSSR count). The van der Waals surface area contributed by atoms with E-state index in [0.29, 0.717) is 12.2 Å². The van der Waals surface area contributed by atoms with Gasteiger partial charge in [-0.25, -0.2) is 4.79 Å². The zero-order valence-corrected chi connectivity index (χ0v) is 6.16.